The van der Waals surface area contributed by atoms with Gasteiger partial charge < -0.3 is 5.32 Å². The van der Waals surface area contributed by atoms with Crippen molar-refractivity contribution in [2.24, 2.45) is 5.41 Å². The molecule has 2 heteroatoms. The summed E-state index contributed by atoms with van der Waals surface area (Å²) in [6.07, 6.45) is 6.63. The Hall–Kier alpha value is -1.02. The molecule has 0 unspecified atom stereocenters. The molecule has 1 heterocycles. The SMILES string of the molecule is CN(Cc1cccc2c1NCC2)C1CCC(C)(C)CC1. The Bertz CT molecular complexity index is 468. The molecule has 0 saturated heterocycles. The van der Waals surface area contributed by atoms with Crippen LogP contribution in [0.5, 0.6) is 0 Å². The molecule has 2 aliphatic rings. The van der Waals surface area contributed by atoms with E-state index in [0.717, 1.165) is 19.1 Å². The fraction of sp³-hybridized carbons (Fsp3) is 0.667. The van der Waals surface area contributed by atoms with Crippen LogP contribution < -0.4 is 5.32 Å². The van der Waals surface area contributed by atoms with Crippen molar-refractivity contribution in [1.29, 1.82) is 0 Å². The van der Waals surface area contributed by atoms with Crippen LogP contribution in [0.3, 0.4) is 0 Å². The molecule has 0 spiro atoms. The summed E-state index contributed by atoms with van der Waals surface area (Å²) in [5.41, 5.74) is 4.95. The second-order valence-corrected chi connectivity index (χ2v) is 7.44. The van der Waals surface area contributed by atoms with E-state index in [2.05, 4.69) is 49.3 Å². The highest BCUT2D eigenvalue weighted by molar-refractivity contribution is 5.61. The van der Waals surface area contributed by atoms with Crippen molar-refractivity contribution in [3.05, 3.63) is 29.3 Å². The van der Waals surface area contributed by atoms with Gasteiger partial charge in [0.15, 0.2) is 0 Å². The maximum absolute atomic E-state index is 3.56. The Morgan fingerprint density at radius 1 is 1.25 bits per heavy atom. The number of nitrogens with one attached hydrogen (secondary N) is 1. The van der Waals surface area contributed by atoms with Crippen molar-refractivity contribution in [2.45, 2.75) is 58.5 Å². The lowest BCUT2D eigenvalue weighted by Crippen LogP contribution is -2.36. The van der Waals surface area contributed by atoms with E-state index in [0.29, 0.717) is 5.41 Å². The molecule has 0 radical (unpaired) electrons. The molecule has 110 valence electrons. The molecule has 1 fully saturated rings. The average molecular weight is 272 g/mol. The van der Waals surface area contributed by atoms with Crippen LogP contribution >= 0.6 is 0 Å². The number of para-hydroxylation sites is 1. The van der Waals surface area contributed by atoms with Crippen LogP contribution in [-0.4, -0.2) is 24.5 Å². The van der Waals surface area contributed by atoms with Gasteiger partial charge in [0.2, 0.25) is 0 Å². The number of anilines is 1. The summed E-state index contributed by atoms with van der Waals surface area (Å²) in [5, 5.41) is 3.56. The van der Waals surface area contributed by atoms with Gasteiger partial charge in [-0.3, -0.25) is 4.90 Å². The van der Waals surface area contributed by atoms with E-state index in [1.54, 1.807) is 0 Å². The average Bonchev–Trinajstić information content (AvgIpc) is 2.88. The normalized spacial score (nSPS) is 21.8. The Labute approximate surface area is 123 Å². The summed E-state index contributed by atoms with van der Waals surface area (Å²) in [6.45, 7) is 7.02. The van der Waals surface area contributed by atoms with E-state index < -0.39 is 0 Å². The van der Waals surface area contributed by atoms with Crippen molar-refractivity contribution in [2.75, 3.05) is 18.9 Å². The number of hydrogen-bond donors (Lipinski definition) is 1. The third-order valence-electron chi connectivity index (χ3n) is 5.28. The molecule has 1 aromatic carbocycles. The topological polar surface area (TPSA) is 15.3 Å². The van der Waals surface area contributed by atoms with E-state index in [9.17, 15) is 0 Å². The number of rotatable bonds is 3. The van der Waals surface area contributed by atoms with Gasteiger partial charge in [0.1, 0.15) is 0 Å². The van der Waals surface area contributed by atoms with Gasteiger partial charge in [-0.05, 0) is 55.7 Å². The number of nitrogens with zero attached hydrogens (tertiary/aromatic N) is 1. The second-order valence-electron chi connectivity index (χ2n) is 7.44. The van der Waals surface area contributed by atoms with E-state index in [1.807, 2.05) is 0 Å². The first-order chi connectivity index (χ1) is 9.55. The Balaban J connectivity index is 1.65. The molecule has 0 atom stereocenters. The third-order valence-corrected chi connectivity index (χ3v) is 5.28. The minimum absolute atomic E-state index is 0.562. The van der Waals surface area contributed by atoms with Crippen LogP contribution in [0.15, 0.2) is 18.2 Å². The van der Waals surface area contributed by atoms with E-state index >= 15 is 0 Å². The molecule has 0 aromatic heterocycles. The summed E-state index contributed by atoms with van der Waals surface area (Å²) in [4.78, 5) is 2.57. The van der Waals surface area contributed by atoms with Crippen LogP contribution in [0.25, 0.3) is 0 Å². The van der Waals surface area contributed by atoms with Gasteiger partial charge in [0, 0.05) is 24.8 Å². The molecule has 1 aromatic rings. The monoisotopic (exact) mass is 272 g/mol. The van der Waals surface area contributed by atoms with Crippen molar-refractivity contribution < 1.29 is 0 Å². The minimum Gasteiger partial charge on any atom is -0.384 e. The Morgan fingerprint density at radius 2 is 2.00 bits per heavy atom. The second kappa shape index (κ2) is 5.40. The lowest BCUT2D eigenvalue weighted by molar-refractivity contribution is 0.123. The summed E-state index contributed by atoms with van der Waals surface area (Å²) >= 11 is 0. The highest BCUT2D eigenvalue weighted by Gasteiger charge is 2.29. The first kappa shape index (κ1) is 13.9. The summed E-state index contributed by atoms with van der Waals surface area (Å²) < 4.78 is 0. The molecule has 3 rings (SSSR count). The van der Waals surface area contributed by atoms with Gasteiger partial charge in [-0.1, -0.05) is 32.0 Å². The Kier molecular flexibility index (Phi) is 3.76. The molecule has 0 amide bonds. The largest absolute Gasteiger partial charge is 0.384 e. The number of fused-ring (bicyclic) bond motifs is 1. The zero-order chi connectivity index (χ0) is 14.2. The summed E-state index contributed by atoms with van der Waals surface area (Å²) in [5.74, 6) is 0. The quantitative estimate of drug-likeness (QED) is 0.893. The van der Waals surface area contributed by atoms with E-state index in [-0.39, 0.29) is 0 Å². The van der Waals surface area contributed by atoms with Gasteiger partial charge in [-0.2, -0.15) is 0 Å². The molecular weight excluding hydrogens is 244 g/mol. The smallest absolute Gasteiger partial charge is 0.0419 e. The van der Waals surface area contributed by atoms with Crippen molar-refractivity contribution in [1.82, 2.24) is 4.90 Å². The van der Waals surface area contributed by atoms with Gasteiger partial charge in [0.25, 0.3) is 0 Å². The molecule has 1 aliphatic carbocycles. The Morgan fingerprint density at radius 3 is 2.75 bits per heavy atom. The van der Waals surface area contributed by atoms with Gasteiger partial charge in [-0.15, -0.1) is 0 Å². The third kappa shape index (κ3) is 2.85. The van der Waals surface area contributed by atoms with E-state index in [4.69, 9.17) is 0 Å². The molecule has 20 heavy (non-hydrogen) atoms. The first-order valence-electron chi connectivity index (χ1n) is 8.10. The van der Waals surface area contributed by atoms with E-state index in [1.165, 1.54) is 48.9 Å². The van der Waals surface area contributed by atoms with Crippen molar-refractivity contribution >= 4 is 5.69 Å². The summed E-state index contributed by atoms with van der Waals surface area (Å²) in [7, 11) is 2.30. The number of benzene rings is 1. The number of hydrogen-bond acceptors (Lipinski definition) is 2. The van der Waals surface area contributed by atoms with Gasteiger partial charge in [-0.25, -0.2) is 0 Å². The van der Waals surface area contributed by atoms with Gasteiger partial charge >= 0.3 is 0 Å². The lowest BCUT2D eigenvalue weighted by atomic mass is 9.75. The fourth-order valence-electron chi connectivity index (χ4n) is 3.77. The van der Waals surface area contributed by atoms with Crippen LogP contribution in [0.2, 0.25) is 0 Å². The van der Waals surface area contributed by atoms with Gasteiger partial charge in [0.05, 0.1) is 0 Å². The van der Waals surface area contributed by atoms with Crippen LogP contribution in [0, 0.1) is 5.41 Å². The van der Waals surface area contributed by atoms with Crippen molar-refractivity contribution in [3.8, 4) is 0 Å². The lowest BCUT2D eigenvalue weighted by Gasteiger charge is -2.38. The summed E-state index contributed by atoms with van der Waals surface area (Å²) in [6, 6.07) is 7.54. The minimum atomic E-state index is 0.562. The standard InChI is InChI=1S/C18H28N2/c1-18(2)10-7-16(8-11-18)20(3)13-15-6-4-5-14-9-12-19-17(14)15/h4-6,16,19H,7-13H2,1-3H3. The first-order valence-corrected chi connectivity index (χ1v) is 8.10. The maximum Gasteiger partial charge on any atom is 0.0419 e. The van der Waals surface area contributed by atoms with Crippen LogP contribution in [0.4, 0.5) is 5.69 Å². The predicted molar refractivity (Wildman–Crippen MR) is 86.1 cm³/mol. The molecule has 1 N–H and O–H groups in total. The van der Waals surface area contributed by atoms with Crippen LogP contribution in [-0.2, 0) is 13.0 Å². The zero-order valence-electron chi connectivity index (χ0n) is 13.2. The fourth-order valence-corrected chi connectivity index (χ4v) is 3.77. The highest BCUT2D eigenvalue weighted by Crippen LogP contribution is 2.37. The molecule has 0 bridgehead atoms. The molecule has 1 aliphatic heterocycles. The maximum atomic E-state index is 3.56. The molecule has 1 saturated carbocycles. The molecule has 2 nitrogen and oxygen atoms in total. The van der Waals surface area contributed by atoms with Crippen molar-refractivity contribution in [3.63, 3.8) is 0 Å². The molecular formula is C18H28N2. The predicted octanol–water partition coefficient (Wildman–Crippen LogP) is 4.06. The van der Waals surface area contributed by atoms with Crippen LogP contribution in [0.1, 0.15) is 50.7 Å². The highest BCUT2D eigenvalue weighted by atomic mass is 15.1. The zero-order valence-corrected chi connectivity index (χ0v) is 13.2.